The van der Waals surface area contributed by atoms with Crippen molar-refractivity contribution in [1.82, 2.24) is 14.5 Å². The number of hydrogen-bond donors (Lipinski definition) is 0. The number of fused-ring (bicyclic) bond motifs is 1. The molecule has 1 fully saturated rings. The molecule has 0 bridgehead atoms. The van der Waals surface area contributed by atoms with E-state index >= 15 is 0 Å². The Kier molecular flexibility index (Phi) is 4.55. The summed E-state index contributed by atoms with van der Waals surface area (Å²) in [6.07, 6.45) is 0. The van der Waals surface area contributed by atoms with Gasteiger partial charge in [0.1, 0.15) is 5.82 Å². The van der Waals surface area contributed by atoms with E-state index < -0.39 is 0 Å². The van der Waals surface area contributed by atoms with Gasteiger partial charge in [-0.25, -0.2) is 4.98 Å². The van der Waals surface area contributed by atoms with E-state index in [1.807, 2.05) is 0 Å². The van der Waals surface area contributed by atoms with E-state index in [0.29, 0.717) is 0 Å². The van der Waals surface area contributed by atoms with Crippen LogP contribution >= 0.6 is 0 Å². The van der Waals surface area contributed by atoms with Crippen LogP contribution in [0.25, 0.3) is 11.0 Å². The van der Waals surface area contributed by atoms with Crippen molar-refractivity contribution in [2.45, 2.75) is 25.9 Å². The van der Waals surface area contributed by atoms with Crippen LogP contribution in [0.3, 0.4) is 0 Å². The second-order valence-corrected chi connectivity index (χ2v) is 6.74. The molecule has 25 heavy (non-hydrogen) atoms. The minimum absolute atomic E-state index is 0.243. The Hall–Kier alpha value is -2.17. The third kappa shape index (κ3) is 3.08. The van der Waals surface area contributed by atoms with Crippen LogP contribution in [-0.4, -0.2) is 40.8 Å². The largest absolute Gasteiger partial charge is 0.379 e. The summed E-state index contributed by atoms with van der Waals surface area (Å²) in [4.78, 5) is 7.49. The normalized spacial score (nSPS) is 18.3. The summed E-state index contributed by atoms with van der Waals surface area (Å²) in [5.41, 5.74) is 3.58. The second kappa shape index (κ2) is 6.98. The van der Waals surface area contributed by atoms with Gasteiger partial charge in [0.15, 0.2) is 0 Å². The lowest BCUT2D eigenvalue weighted by Gasteiger charge is -2.33. The fourth-order valence-corrected chi connectivity index (χ4v) is 3.77. The SMILES string of the molecule is CC(c1nc2ccccc2n1C(C)c1ccccc1)N1CCOCC1. The smallest absolute Gasteiger partial charge is 0.127 e. The van der Waals surface area contributed by atoms with E-state index in [0.717, 1.165) is 37.6 Å². The molecule has 0 saturated carbocycles. The maximum Gasteiger partial charge on any atom is 0.127 e. The highest BCUT2D eigenvalue weighted by Gasteiger charge is 2.26. The van der Waals surface area contributed by atoms with Crippen LogP contribution in [0.15, 0.2) is 54.6 Å². The predicted molar refractivity (Wildman–Crippen MR) is 101 cm³/mol. The van der Waals surface area contributed by atoms with Crippen molar-refractivity contribution in [1.29, 1.82) is 0 Å². The van der Waals surface area contributed by atoms with Gasteiger partial charge in [-0.2, -0.15) is 0 Å². The molecule has 2 atom stereocenters. The lowest BCUT2D eigenvalue weighted by molar-refractivity contribution is 0.0175. The predicted octanol–water partition coefficient (Wildman–Crippen LogP) is 4.04. The maximum absolute atomic E-state index is 5.52. The van der Waals surface area contributed by atoms with E-state index in [9.17, 15) is 0 Å². The Morgan fingerprint density at radius 2 is 1.56 bits per heavy atom. The molecule has 0 radical (unpaired) electrons. The van der Waals surface area contributed by atoms with E-state index in [1.54, 1.807) is 0 Å². The molecule has 0 aliphatic carbocycles. The number of para-hydroxylation sites is 2. The molecule has 2 unspecified atom stereocenters. The van der Waals surface area contributed by atoms with Crippen LogP contribution in [0.1, 0.15) is 37.3 Å². The molecule has 0 amide bonds. The molecule has 3 aromatic rings. The van der Waals surface area contributed by atoms with Gasteiger partial charge in [-0.1, -0.05) is 42.5 Å². The van der Waals surface area contributed by atoms with Gasteiger partial charge in [0.05, 0.1) is 36.3 Å². The number of aromatic nitrogens is 2. The average molecular weight is 335 g/mol. The number of hydrogen-bond acceptors (Lipinski definition) is 3. The molecule has 1 aromatic heterocycles. The molecular formula is C21H25N3O. The molecular weight excluding hydrogens is 310 g/mol. The number of nitrogens with zero attached hydrogens (tertiary/aromatic N) is 3. The highest BCUT2D eigenvalue weighted by molar-refractivity contribution is 5.76. The maximum atomic E-state index is 5.52. The zero-order valence-electron chi connectivity index (χ0n) is 14.9. The molecule has 1 saturated heterocycles. The highest BCUT2D eigenvalue weighted by Crippen LogP contribution is 2.31. The Morgan fingerprint density at radius 3 is 2.32 bits per heavy atom. The number of rotatable bonds is 4. The van der Waals surface area contributed by atoms with Gasteiger partial charge >= 0.3 is 0 Å². The minimum Gasteiger partial charge on any atom is -0.379 e. The Bertz CT molecular complexity index is 837. The minimum atomic E-state index is 0.243. The monoisotopic (exact) mass is 335 g/mol. The summed E-state index contributed by atoms with van der Waals surface area (Å²) in [5, 5.41) is 0. The summed E-state index contributed by atoms with van der Waals surface area (Å²) in [6, 6.07) is 19.6. The van der Waals surface area contributed by atoms with E-state index in [4.69, 9.17) is 9.72 Å². The van der Waals surface area contributed by atoms with Gasteiger partial charge in [-0.3, -0.25) is 4.90 Å². The van der Waals surface area contributed by atoms with Gasteiger partial charge in [-0.15, -0.1) is 0 Å². The lowest BCUT2D eigenvalue weighted by atomic mass is 10.1. The quantitative estimate of drug-likeness (QED) is 0.721. The van der Waals surface area contributed by atoms with Crippen molar-refractivity contribution in [3.8, 4) is 0 Å². The molecule has 2 aromatic carbocycles. The Balaban J connectivity index is 1.80. The van der Waals surface area contributed by atoms with Gasteiger partial charge < -0.3 is 9.30 Å². The van der Waals surface area contributed by atoms with Crippen molar-refractivity contribution in [2.24, 2.45) is 0 Å². The van der Waals surface area contributed by atoms with Crippen LogP contribution in [0.2, 0.25) is 0 Å². The molecule has 1 aliphatic rings. The van der Waals surface area contributed by atoms with Crippen molar-refractivity contribution in [3.05, 3.63) is 66.0 Å². The fourth-order valence-electron chi connectivity index (χ4n) is 3.77. The molecule has 130 valence electrons. The topological polar surface area (TPSA) is 30.3 Å². The van der Waals surface area contributed by atoms with Gasteiger partial charge in [0.2, 0.25) is 0 Å². The number of benzene rings is 2. The molecule has 4 heteroatoms. The number of ether oxygens (including phenoxy) is 1. The summed E-state index contributed by atoms with van der Waals surface area (Å²) in [7, 11) is 0. The van der Waals surface area contributed by atoms with Crippen LogP contribution < -0.4 is 0 Å². The van der Waals surface area contributed by atoms with Crippen LogP contribution in [0, 0.1) is 0 Å². The fraction of sp³-hybridized carbons (Fsp3) is 0.381. The average Bonchev–Trinajstić information content (AvgIpc) is 3.07. The molecule has 4 nitrogen and oxygen atoms in total. The standard InChI is InChI=1S/C21H25N3O/c1-16(18-8-4-3-5-9-18)24-20-11-7-6-10-19(20)22-21(24)17(2)23-12-14-25-15-13-23/h3-11,16-17H,12-15H2,1-2H3. The molecule has 2 heterocycles. The molecule has 1 aliphatic heterocycles. The van der Waals surface area contributed by atoms with Crippen molar-refractivity contribution in [2.75, 3.05) is 26.3 Å². The Morgan fingerprint density at radius 1 is 0.880 bits per heavy atom. The van der Waals surface area contributed by atoms with Crippen LogP contribution in [-0.2, 0) is 4.74 Å². The molecule has 0 spiro atoms. The van der Waals surface area contributed by atoms with Crippen molar-refractivity contribution < 1.29 is 4.74 Å². The van der Waals surface area contributed by atoms with E-state index in [1.165, 1.54) is 11.1 Å². The first-order valence-electron chi connectivity index (χ1n) is 9.09. The zero-order chi connectivity index (χ0) is 17.2. The summed E-state index contributed by atoms with van der Waals surface area (Å²) in [6.45, 7) is 8.06. The first-order chi connectivity index (χ1) is 12.3. The van der Waals surface area contributed by atoms with Crippen LogP contribution in [0.5, 0.6) is 0 Å². The Labute approximate surface area is 149 Å². The first kappa shape index (κ1) is 16.3. The number of imidazole rings is 1. The molecule has 0 N–H and O–H groups in total. The molecule has 4 rings (SSSR count). The van der Waals surface area contributed by atoms with Crippen LogP contribution in [0.4, 0.5) is 0 Å². The summed E-state index contributed by atoms with van der Waals surface area (Å²) in [5.74, 6) is 1.14. The van der Waals surface area contributed by atoms with E-state index in [2.05, 4.69) is 77.9 Å². The number of morpholine rings is 1. The lowest BCUT2D eigenvalue weighted by Crippen LogP contribution is -2.39. The second-order valence-electron chi connectivity index (χ2n) is 6.74. The zero-order valence-corrected chi connectivity index (χ0v) is 14.9. The third-order valence-corrected chi connectivity index (χ3v) is 5.26. The first-order valence-corrected chi connectivity index (χ1v) is 9.09. The van der Waals surface area contributed by atoms with E-state index in [-0.39, 0.29) is 12.1 Å². The summed E-state index contributed by atoms with van der Waals surface area (Å²) < 4.78 is 7.93. The van der Waals surface area contributed by atoms with Gasteiger partial charge in [0, 0.05) is 13.1 Å². The van der Waals surface area contributed by atoms with Gasteiger partial charge in [-0.05, 0) is 31.5 Å². The van der Waals surface area contributed by atoms with Crippen molar-refractivity contribution >= 4 is 11.0 Å². The van der Waals surface area contributed by atoms with Gasteiger partial charge in [0.25, 0.3) is 0 Å². The highest BCUT2D eigenvalue weighted by atomic mass is 16.5. The third-order valence-electron chi connectivity index (χ3n) is 5.26. The summed E-state index contributed by atoms with van der Waals surface area (Å²) >= 11 is 0. The van der Waals surface area contributed by atoms with Crippen molar-refractivity contribution in [3.63, 3.8) is 0 Å².